The molecule has 0 aliphatic rings. The van der Waals surface area contributed by atoms with E-state index in [9.17, 15) is 0 Å². The zero-order chi connectivity index (χ0) is 11.8. The van der Waals surface area contributed by atoms with Crippen LogP contribution in [0.2, 0.25) is 0 Å². The van der Waals surface area contributed by atoms with Gasteiger partial charge >= 0.3 is 0 Å². The van der Waals surface area contributed by atoms with E-state index in [4.69, 9.17) is 0 Å². The average molecular weight is 217 g/mol. The van der Waals surface area contributed by atoms with Crippen molar-refractivity contribution in [2.45, 2.75) is 13.5 Å². The summed E-state index contributed by atoms with van der Waals surface area (Å²) in [6, 6.07) is 10.5. The fourth-order valence-electron chi connectivity index (χ4n) is 1.29. The number of aromatic nitrogens is 2. The van der Waals surface area contributed by atoms with Gasteiger partial charge in [0.25, 0.3) is 0 Å². The van der Waals surface area contributed by atoms with Gasteiger partial charge in [-0.2, -0.15) is 0 Å². The molecule has 0 bridgehead atoms. The lowest BCUT2D eigenvalue weighted by molar-refractivity contribution is 0.402. The van der Waals surface area contributed by atoms with E-state index in [-0.39, 0.29) is 0 Å². The van der Waals surface area contributed by atoms with Crippen LogP contribution in [0.1, 0.15) is 11.4 Å². The van der Waals surface area contributed by atoms with Crippen molar-refractivity contribution >= 4 is 0 Å². The monoisotopic (exact) mass is 217 g/mol. The van der Waals surface area contributed by atoms with Gasteiger partial charge in [0.15, 0.2) is 0 Å². The lowest BCUT2D eigenvalue weighted by Gasteiger charge is -2.08. The Balaban J connectivity index is 0.000000181. The Labute approximate surface area is 97.1 Å². The first kappa shape index (κ1) is 12.5. The van der Waals surface area contributed by atoms with Crippen molar-refractivity contribution in [2.75, 3.05) is 14.1 Å². The average Bonchev–Trinajstić information content (AvgIpc) is 2.71. The number of H-pyrrole nitrogens is 1. The molecule has 0 atom stereocenters. The number of hydrogen-bond acceptors (Lipinski definition) is 2. The summed E-state index contributed by atoms with van der Waals surface area (Å²) in [6.45, 7) is 2.95. The van der Waals surface area contributed by atoms with Crippen LogP contribution >= 0.6 is 0 Å². The zero-order valence-electron chi connectivity index (χ0n) is 10.1. The molecule has 1 N–H and O–H groups in total. The van der Waals surface area contributed by atoms with Crippen LogP contribution in [-0.4, -0.2) is 29.0 Å². The van der Waals surface area contributed by atoms with Crippen molar-refractivity contribution in [3.63, 3.8) is 0 Å². The Hall–Kier alpha value is -1.61. The Kier molecular flexibility index (Phi) is 5.29. The van der Waals surface area contributed by atoms with Gasteiger partial charge in [-0.25, -0.2) is 4.98 Å². The van der Waals surface area contributed by atoms with E-state index in [0.717, 1.165) is 12.4 Å². The second-order valence-corrected chi connectivity index (χ2v) is 3.90. The van der Waals surface area contributed by atoms with E-state index in [2.05, 4.69) is 53.2 Å². The van der Waals surface area contributed by atoms with Crippen molar-refractivity contribution in [1.82, 2.24) is 14.9 Å². The highest BCUT2D eigenvalue weighted by Crippen LogP contribution is 1.99. The minimum atomic E-state index is 0.968. The maximum absolute atomic E-state index is 3.86. The number of hydrogen-bond donors (Lipinski definition) is 1. The van der Waals surface area contributed by atoms with Crippen LogP contribution in [0.25, 0.3) is 0 Å². The summed E-state index contributed by atoms with van der Waals surface area (Å²) in [4.78, 5) is 8.91. The SMILES string of the molecule is CN(C)Cc1ccccc1.Cc1ncc[nH]1. The molecule has 0 unspecified atom stereocenters. The predicted octanol–water partition coefficient (Wildman–Crippen LogP) is 2.47. The zero-order valence-corrected chi connectivity index (χ0v) is 10.1. The molecule has 2 rings (SSSR count). The molecule has 2 aromatic rings. The number of nitrogens with zero attached hydrogens (tertiary/aromatic N) is 2. The molecule has 0 aliphatic heterocycles. The molecule has 0 saturated heterocycles. The van der Waals surface area contributed by atoms with Gasteiger partial charge in [0.1, 0.15) is 5.82 Å². The summed E-state index contributed by atoms with van der Waals surface area (Å²) in [5.41, 5.74) is 1.37. The van der Waals surface area contributed by atoms with Gasteiger partial charge in [-0.1, -0.05) is 30.3 Å². The standard InChI is InChI=1S/C9H13N.C4H6N2/c1-10(2)8-9-6-4-3-5-7-9;1-4-5-2-3-6-4/h3-7H,8H2,1-2H3;2-3H,1H3,(H,5,6). The minimum Gasteiger partial charge on any atom is -0.349 e. The molecular formula is C13H19N3. The molecular weight excluding hydrogens is 198 g/mol. The van der Waals surface area contributed by atoms with E-state index < -0.39 is 0 Å². The van der Waals surface area contributed by atoms with Crippen LogP contribution in [0.4, 0.5) is 0 Å². The van der Waals surface area contributed by atoms with Crippen LogP contribution in [0.3, 0.4) is 0 Å². The number of nitrogens with one attached hydrogen (secondary N) is 1. The van der Waals surface area contributed by atoms with E-state index in [1.165, 1.54) is 5.56 Å². The molecule has 0 spiro atoms. The van der Waals surface area contributed by atoms with Gasteiger partial charge in [0, 0.05) is 18.9 Å². The second-order valence-electron chi connectivity index (χ2n) is 3.90. The first-order valence-corrected chi connectivity index (χ1v) is 5.33. The molecule has 0 saturated carbocycles. The van der Waals surface area contributed by atoms with Crippen LogP contribution in [0, 0.1) is 6.92 Å². The normalized spacial score (nSPS) is 9.75. The molecule has 0 radical (unpaired) electrons. The van der Waals surface area contributed by atoms with Gasteiger partial charge in [-0.05, 0) is 26.6 Å². The van der Waals surface area contributed by atoms with E-state index in [1.54, 1.807) is 12.4 Å². The molecule has 1 heterocycles. The minimum absolute atomic E-state index is 0.968. The number of benzene rings is 1. The predicted molar refractivity (Wildman–Crippen MR) is 67.2 cm³/mol. The summed E-state index contributed by atoms with van der Waals surface area (Å²) in [6.07, 6.45) is 3.53. The van der Waals surface area contributed by atoms with Crippen LogP contribution in [0.15, 0.2) is 42.7 Å². The molecule has 3 nitrogen and oxygen atoms in total. The molecule has 0 fully saturated rings. The molecule has 0 aliphatic carbocycles. The lowest BCUT2D eigenvalue weighted by atomic mass is 10.2. The van der Waals surface area contributed by atoms with Gasteiger partial charge in [-0.3, -0.25) is 0 Å². The van der Waals surface area contributed by atoms with Crippen molar-refractivity contribution in [3.8, 4) is 0 Å². The largest absolute Gasteiger partial charge is 0.349 e. The van der Waals surface area contributed by atoms with Crippen LogP contribution < -0.4 is 0 Å². The van der Waals surface area contributed by atoms with Crippen LogP contribution in [0.5, 0.6) is 0 Å². The highest BCUT2D eigenvalue weighted by Gasteiger charge is 1.90. The number of aromatic amines is 1. The second kappa shape index (κ2) is 6.80. The van der Waals surface area contributed by atoms with E-state index >= 15 is 0 Å². The Morgan fingerprint density at radius 3 is 2.25 bits per heavy atom. The molecule has 16 heavy (non-hydrogen) atoms. The molecule has 3 heteroatoms. The fourth-order valence-corrected chi connectivity index (χ4v) is 1.29. The van der Waals surface area contributed by atoms with Gasteiger partial charge in [0.05, 0.1) is 0 Å². The third kappa shape index (κ3) is 5.32. The van der Waals surface area contributed by atoms with Gasteiger partial charge in [0.2, 0.25) is 0 Å². The van der Waals surface area contributed by atoms with Crippen molar-refractivity contribution in [1.29, 1.82) is 0 Å². The molecule has 86 valence electrons. The summed E-state index contributed by atoms with van der Waals surface area (Å²) >= 11 is 0. The Bertz CT molecular complexity index is 365. The summed E-state index contributed by atoms with van der Waals surface area (Å²) in [5.74, 6) is 0.968. The van der Waals surface area contributed by atoms with Crippen molar-refractivity contribution in [3.05, 3.63) is 54.1 Å². The van der Waals surface area contributed by atoms with E-state index in [1.807, 2.05) is 13.0 Å². The molecule has 1 aromatic carbocycles. The van der Waals surface area contributed by atoms with E-state index in [0.29, 0.717) is 0 Å². The third-order valence-electron chi connectivity index (χ3n) is 1.98. The highest BCUT2D eigenvalue weighted by molar-refractivity contribution is 5.14. The summed E-state index contributed by atoms with van der Waals surface area (Å²) < 4.78 is 0. The molecule has 1 aromatic heterocycles. The first-order chi connectivity index (χ1) is 7.68. The van der Waals surface area contributed by atoms with Gasteiger partial charge in [-0.15, -0.1) is 0 Å². The quantitative estimate of drug-likeness (QED) is 0.838. The topological polar surface area (TPSA) is 31.9 Å². The lowest BCUT2D eigenvalue weighted by Crippen LogP contribution is -2.10. The number of rotatable bonds is 2. The number of aryl methyl sites for hydroxylation is 1. The van der Waals surface area contributed by atoms with Crippen LogP contribution in [-0.2, 0) is 6.54 Å². The Morgan fingerprint density at radius 1 is 1.19 bits per heavy atom. The van der Waals surface area contributed by atoms with Crippen molar-refractivity contribution < 1.29 is 0 Å². The highest BCUT2D eigenvalue weighted by atomic mass is 15.0. The third-order valence-corrected chi connectivity index (χ3v) is 1.98. The maximum atomic E-state index is 3.86. The smallest absolute Gasteiger partial charge is 0.102 e. The summed E-state index contributed by atoms with van der Waals surface area (Å²) in [5, 5.41) is 0. The fraction of sp³-hybridized carbons (Fsp3) is 0.308. The Morgan fingerprint density at radius 2 is 1.88 bits per heavy atom. The first-order valence-electron chi connectivity index (χ1n) is 5.33. The number of imidazole rings is 1. The van der Waals surface area contributed by atoms with Crippen molar-refractivity contribution in [2.24, 2.45) is 0 Å². The molecule has 0 amide bonds. The summed E-state index contributed by atoms with van der Waals surface area (Å²) in [7, 11) is 4.15. The maximum Gasteiger partial charge on any atom is 0.102 e. The van der Waals surface area contributed by atoms with Gasteiger partial charge < -0.3 is 9.88 Å².